The van der Waals surface area contributed by atoms with Crippen molar-refractivity contribution in [1.82, 2.24) is 0 Å². The Morgan fingerprint density at radius 3 is 1.68 bits per heavy atom. The van der Waals surface area contributed by atoms with Gasteiger partial charge >= 0.3 is 5.69 Å². The van der Waals surface area contributed by atoms with E-state index in [2.05, 4.69) is 4.98 Å². The highest BCUT2D eigenvalue weighted by Crippen LogP contribution is 2.28. The van der Waals surface area contributed by atoms with E-state index in [1.54, 1.807) is 18.2 Å². The van der Waals surface area contributed by atoms with Crippen LogP contribution >= 0.6 is 11.6 Å². The molecule has 3 aromatic carbocycles. The molecule has 0 spiro atoms. The number of fused-ring (bicyclic) bond motifs is 1. The first-order valence-corrected chi connectivity index (χ1v) is 10.7. The van der Waals surface area contributed by atoms with Crippen LogP contribution < -0.4 is 0 Å². The van der Waals surface area contributed by atoms with Crippen LogP contribution in [0.15, 0.2) is 64.4 Å². The average molecular weight is 440 g/mol. The van der Waals surface area contributed by atoms with Crippen molar-refractivity contribution in [2.45, 2.75) is 16.7 Å². The molecule has 0 atom stereocenters. The number of halogens is 1. The number of hydrogen-bond acceptors (Lipinski definition) is 7. The van der Waals surface area contributed by atoms with Crippen molar-refractivity contribution in [1.29, 1.82) is 5.39 Å². The zero-order valence-corrected chi connectivity index (χ0v) is 16.6. The number of hydrogen-bond donors (Lipinski definition) is 0. The molecule has 0 aliphatic carbocycles. The minimum atomic E-state index is -4.74. The van der Waals surface area contributed by atoms with E-state index in [4.69, 9.17) is 17.0 Å². The molecule has 146 valence electrons. The van der Waals surface area contributed by atoms with Gasteiger partial charge in [0, 0.05) is 21.4 Å². The van der Waals surface area contributed by atoms with E-state index in [0.717, 1.165) is 17.7 Å². The average Bonchev–Trinajstić information content (AvgIpc) is 2.61. The molecule has 0 aliphatic heterocycles. The summed E-state index contributed by atoms with van der Waals surface area (Å²) in [6.45, 7) is 1.85. The summed E-state index contributed by atoms with van der Waals surface area (Å²) in [6.07, 6.45) is 0. The molecule has 0 N–H and O–H groups in total. The molecule has 28 heavy (non-hydrogen) atoms. The maximum atomic E-state index is 11.0. The largest absolute Gasteiger partial charge is 0.744 e. The first-order chi connectivity index (χ1) is 12.9. The number of rotatable bonds is 2. The molecule has 0 radical (unpaired) electrons. The van der Waals surface area contributed by atoms with Crippen LogP contribution in [0.2, 0.25) is 5.02 Å². The van der Waals surface area contributed by atoms with Gasteiger partial charge in [-0.1, -0.05) is 35.9 Å². The fourth-order valence-corrected chi connectivity index (χ4v) is 3.93. The van der Waals surface area contributed by atoms with Crippen LogP contribution in [0.3, 0.4) is 0 Å². The summed E-state index contributed by atoms with van der Waals surface area (Å²) in [5.74, 6) is 0. The predicted octanol–water partition coefficient (Wildman–Crippen LogP) is 3.78. The fraction of sp³-hybridized carbons (Fsp3) is 0.0588. The van der Waals surface area contributed by atoms with E-state index in [1.165, 1.54) is 24.3 Å². The van der Waals surface area contributed by atoms with Gasteiger partial charge in [-0.2, -0.15) is 0 Å². The normalized spacial score (nSPS) is 11.4. The number of diazo groups is 1. The van der Waals surface area contributed by atoms with E-state index in [1.807, 2.05) is 6.92 Å². The summed E-state index contributed by atoms with van der Waals surface area (Å²) in [5.41, 5.74) is 1.43. The van der Waals surface area contributed by atoms with Crippen LogP contribution in [-0.2, 0) is 20.2 Å². The third kappa shape index (κ3) is 5.03. The van der Waals surface area contributed by atoms with Gasteiger partial charge in [0.1, 0.15) is 20.2 Å². The van der Waals surface area contributed by atoms with Crippen LogP contribution in [0.1, 0.15) is 5.56 Å². The molecular weight excluding hydrogens is 428 g/mol. The molecule has 3 aromatic rings. The van der Waals surface area contributed by atoms with Crippen LogP contribution in [-0.4, -0.2) is 25.9 Å². The van der Waals surface area contributed by atoms with Crippen LogP contribution in [0, 0.1) is 12.3 Å². The molecule has 8 nitrogen and oxygen atoms in total. The summed E-state index contributed by atoms with van der Waals surface area (Å²) in [5, 5.41) is 8.83. The Kier molecular flexibility index (Phi) is 6.38. The van der Waals surface area contributed by atoms with E-state index in [-0.39, 0.29) is 10.8 Å². The highest BCUT2D eigenvalue weighted by Gasteiger charge is 2.12. The summed E-state index contributed by atoms with van der Waals surface area (Å²) < 4.78 is 66.1. The molecule has 0 unspecified atom stereocenters. The Hall–Kier alpha value is -2.55. The number of benzene rings is 3. The number of nitrogens with zero attached hydrogens (tertiary/aromatic N) is 2. The first-order valence-electron chi connectivity index (χ1n) is 7.50. The lowest BCUT2D eigenvalue weighted by molar-refractivity contribution is 0.461. The Morgan fingerprint density at radius 1 is 0.857 bits per heavy atom. The quantitative estimate of drug-likeness (QED) is 0.436. The van der Waals surface area contributed by atoms with Crippen molar-refractivity contribution in [2.75, 3.05) is 0 Å². The maximum absolute atomic E-state index is 11.0. The van der Waals surface area contributed by atoms with Gasteiger partial charge < -0.3 is 9.11 Å². The Bertz CT molecular complexity index is 1230. The number of aryl methyl sites for hydroxylation is 1. The molecule has 0 heterocycles. The molecule has 0 aromatic heterocycles. The van der Waals surface area contributed by atoms with Crippen molar-refractivity contribution >= 4 is 48.3 Å². The second-order valence-corrected chi connectivity index (χ2v) is 8.68. The molecular formula is C17H12ClN2O6S2-. The molecule has 0 saturated carbocycles. The fourth-order valence-electron chi connectivity index (χ4n) is 2.38. The van der Waals surface area contributed by atoms with Gasteiger partial charge in [-0.3, -0.25) is 0 Å². The van der Waals surface area contributed by atoms with Crippen LogP contribution in [0.25, 0.3) is 15.7 Å². The van der Waals surface area contributed by atoms with Gasteiger partial charge in [-0.15, -0.1) is 0 Å². The van der Waals surface area contributed by atoms with Gasteiger partial charge in [-0.25, -0.2) is 16.8 Å². The Balaban J connectivity index is 0.000000237. The summed E-state index contributed by atoms with van der Waals surface area (Å²) in [4.78, 5) is 1.95. The van der Waals surface area contributed by atoms with Gasteiger partial charge in [0.2, 0.25) is 5.39 Å². The SMILES string of the molecule is Cc1ccc(Cl)cc1[N+]#N.O=S(=O)([O-])c1cccc2c(S(=O)(=O)[O-])cccc12. The first kappa shape index (κ1) is 21.7. The van der Waals surface area contributed by atoms with Crippen molar-refractivity contribution in [3.05, 3.63) is 70.2 Å². The van der Waals surface area contributed by atoms with E-state index >= 15 is 0 Å². The van der Waals surface area contributed by atoms with Gasteiger partial charge in [-0.05, 0) is 31.2 Å². The highest BCUT2D eigenvalue weighted by atomic mass is 35.5. The second-order valence-electron chi connectivity index (χ2n) is 5.55. The smallest absolute Gasteiger partial charge is 0.389 e. The maximum Gasteiger partial charge on any atom is 0.389 e. The molecule has 0 amide bonds. The van der Waals surface area contributed by atoms with Gasteiger partial charge in [0.05, 0.1) is 15.9 Å². The molecule has 0 fully saturated rings. The third-order valence-corrected chi connectivity index (χ3v) is 5.68. The lowest BCUT2D eigenvalue weighted by Crippen LogP contribution is -2.03. The molecule has 0 aliphatic rings. The zero-order valence-electron chi connectivity index (χ0n) is 14.2. The summed E-state index contributed by atoms with van der Waals surface area (Å²) in [7, 11) is -9.48. The lowest BCUT2D eigenvalue weighted by Gasteiger charge is -2.14. The predicted molar refractivity (Wildman–Crippen MR) is 101 cm³/mol. The van der Waals surface area contributed by atoms with Crippen LogP contribution in [0.5, 0.6) is 0 Å². The third-order valence-electron chi connectivity index (χ3n) is 3.66. The standard InChI is InChI=1S/C10H8O6S2.C7H6ClN2/c11-17(12,13)9-5-1-3-7-8(9)4-2-6-10(7)18(14,15)16;1-5-2-3-6(8)4-7(5)10-9/h1-6H,(H,11,12,13)(H,14,15,16);2-4H,1H3/q;+1/p-2. The van der Waals surface area contributed by atoms with Gasteiger partial charge in [0.15, 0.2) is 4.98 Å². The zero-order chi connectivity index (χ0) is 21.1. The minimum absolute atomic E-state index is 0.0792. The van der Waals surface area contributed by atoms with Crippen molar-refractivity contribution in [3.8, 4) is 0 Å². The van der Waals surface area contributed by atoms with Crippen molar-refractivity contribution in [2.24, 2.45) is 0 Å². The molecule has 3 rings (SSSR count). The summed E-state index contributed by atoms with van der Waals surface area (Å²) in [6, 6.07) is 12.3. The Morgan fingerprint density at radius 2 is 1.32 bits per heavy atom. The van der Waals surface area contributed by atoms with Crippen molar-refractivity contribution < 1.29 is 25.9 Å². The molecule has 0 saturated heterocycles. The minimum Gasteiger partial charge on any atom is -0.744 e. The van der Waals surface area contributed by atoms with E-state index < -0.39 is 30.0 Å². The highest BCUT2D eigenvalue weighted by molar-refractivity contribution is 7.86. The lowest BCUT2D eigenvalue weighted by atomic mass is 10.1. The Labute approximate surface area is 166 Å². The van der Waals surface area contributed by atoms with E-state index in [0.29, 0.717) is 10.7 Å². The monoisotopic (exact) mass is 439 g/mol. The van der Waals surface area contributed by atoms with Gasteiger partial charge in [0.25, 0.3) is 0 Å². The second kappa shape index (κ2) is 8.22. The molecule has 0 bridgehead atoms. The molecule has 11 heteroatoms. The van der Waals surface area contributed by atoms with Crippen LogP contribution in [0.4, 0.5) is 5.69 Å². The summed E-state index contributed by atoms with van der Waals surface area (Å²) >= 11 is 5.62. The topological polar surface area (TPSA) is 143 Å². The van der Waals surface area contributed by atoms with E-state index in [9.17, 15) is 25.9 Å². The van der Waals surface area contributed by atoms with Crippen molar-refractivity contribution in [3.63, 3.8) is 0 Å².